The second kappa shape index (κ2) is 11.6. The van der Waals surface area contributed by atoms with Gasteiger partial charge in [0.25, 0.3) is 5.91 Å². The van der Waals surface area contributed by atoms with Gasteiger partial charge in [-0.25, -0.2) is 13.8 Å². The molecule has 2 N–H and O–H groups in total. The summed E-state index contributed by atoms with van der Waals surface area (Å²) in [6.07, 6.45) is 5.76. The number of aliphatic hydroxyl groups excluding tert-OH is 1. The van der Waals surface area contributed by atoms with Crippen molar-refractivity contribution in [2.24, 2.45) is 5.92 Å². The van der Waals surface area contributed by atoms with E-state index in [1.54, 1.807) is 30.3 Å². The molecule has 208 valence electrons. The third kappa shape index (κ3) is 6.42. The van der Waals surface area contributed by atoms with Crippen molar-refractivity contribution in [3.8, 4) is 5.75 Å². The highest BCUT2D eigenvalue weighted by Crippen LogP contribution is 2.37. The summed E-state index contributed by atoms with van der Waals surface area (Å²) in [7, 11) is 0. The lowest BCUT2D eigenvalue weighted by atomic mass is 9.92. The number of aromatic nitrogens is 1. The van der Waals surface area contributed by atoms with Crippen molar-refractivity contribution < 1.29 is 23.4 Å². The van der Waals surface area contributed by atoms with Gasteiger partial charge in [0.05, 0.1) is 16.6 Å². The van der Waals surface area contributed by atoms with Gasteiger partial charge < -0.3 is 14.4 Å². The Balaban J connectivity index is 1.13. The Bertz CT molecular complexity index is 1430. The molecule has 2 heterocycles. The molecular weight excluding hydrogens is 528 g/mol. The van der Waals surface area contributed by atoms with Crippen LogP contribution in [0.5, 0.6) is 5.75 Å². The molecule has 7 nitrogen and oxygen atoms in total. The van der Waals surface area contributed by atoms with E-state index >= 15 is 0 Å². The Labute approximate surface area is 230 Å². The van der Waals surface area contributed by atoms with Crippen LogP contribution in [-0.2, 0) is 0 Å². The van der Waals surface area contributed by atoms with Gasteiger partial charge in [-0.3, -0.25) is 15.0 Å². The number of fused-ring (bicyclic) bond motifs is 1. The third-order valence-electron chi connectivity index (χ3n) is 7.63. The molecule has 1 aliphatic carbocycles. The van der Waals surface area contributed by atoms with E-state index in [2.05, 4.69) is 5.43 Å². The summed E-state index contributed by atoms with van der Waals surface area (Å²) in [4.78, 5) is 26.2. The lowest BCUT2D eigenvalue weighted by molar-refractivity contribution is 0.0645. The van der Waals surface area contributed by atoms with Crippen LogP contribution >= 0.6 is 11.6 Å². The van der Waals surface area contributed by atoms with Crippen molar-refractivity contribution >= 4 is 28.4 Å². The number of nitrogens with zero attached hydrogens (tertiary/aromatic N) is 2. The second-order valence-corrected chi connectivity index (χ2v) is 11.0. The molecule has 1 atom stereocenters. The number of hydrogen-bond acceptors (Lipinski definition) is 5. The number of carbonyl (C=O) groups excluding carboxylic acids is 1. The van der Waals surface area contributed by atoms with Crippen molar-refractivity contribution in [3.63, 3.8) is 0 Å². The molecule has 39 heavy (non-hydrogen) atoms. The number of aliphatic hydroxyl groups is 1. The van der Waals surface area contributed by atoms with Crippen molar-refractivity contribution in [1.82, 2.24) is 15.0 Å². The molecule has 1 aliphatic heterocycles. The monoisotopic (exact) mass is 559 g/mol. The summed E-state index contributed by atoms with van der Waals surface area (Å²) in [5.41, 5.74) is 3.38. The van der Waals surface area contributed by atoms with E-state index in [-0.39, 0.29) is 34.4 Å². The number of rotatable bonds is 9. The van der Waals surface area contributed by atoms with E-state index in [9.17, 15) is 23.5 Å². The Hall–Kier alpha value is -3.01. The molecule has 5 rings (SSSR count). The van der Waals surface area contributed by atoms with Crippen molar-refractivity contribution in [2.75, 3.05) is 19.7 Å². The van der Waals surface area contributed by atoms with Gasteiger partial charge in [-0.05, 0) is 75.1 Å². The van der Waals surface area contributed by atoms with Crippen molar-refractivity contribution in [3.05, 3.63) is 74.5 Å². The number of carbonyl (C=O) groups is 1. The van der Waals surface area contributed by atoms with Crippen LogP contribution in [0.1, 0.15) is 60.5 Å². The predicted molar refractivity (Wildman–Crippen MR) is 145 cm³/mol. The van der Waals surface area contributed by atoms with Crippen LogP contribution in [0.2, 0.25) is 5.02 Å². The van der Waals surface area contributed by atoms with Gasteiger partial charge in [0.15, 0.2) is 0 Å². The first-order valence-electron chi connectivity index (χ1n) is 13.4. The van der Waals surface area contributed by atoms with Crippen LogP contribution in [0.4, 0.5) is 8.78 Å². The Morgan fingerprint density at radius 2 is 1.90 bits per heavy atom. The summed E-state index contributed by atoms with van der Waals surface area (Å²) >= 11 is 5.96. The quantitative estimate of drug-likeness (QED) is 0.379. The average molecular weight is 560 g/mol. The van der Waals surface area contributed by atoms with Crippen LogP contribution in [0, 0.1) is 24.5 Å². The number of hydrogen-bond donors (Lipinski definition) is 2. The number of benzene rings is 2. The van der Waals surface area contributed by atoms with Gasteiger partial charge >= 0.3 is 0 Å². The molecule has 3 aromatic rings. The van der Waals surface area contributed by atoms with Gasteiger partial charge in [-0.1, -0.05) is 17.7 Å². The number of halogens is 3. The lowest BCUT2D eigenvalue weighted by Gasteiger charge is -2.32. The van der Waals surface area contributed by atoms with Gasteiger partial charge in [0.1, 0.15) is 29.6 Å². The summed E-state index contributed by atoms with van der Waals surface area (Å²) in [6.45, 7) is 3.00. The second-order valence-electron chi connectivity index (χ2n) is 10.6. The largest absolute Gasteiger partial charge is 0.491 e. The maximum absolute atomic E-state index is 14.2. The Kier molecular flexibility index (Phi) is 8.21. The number of amides is 1. The van der Waals surface area contributed by atoms with E-state index in [0.717, 1.165) is 38.2 Å². The lowest BCUT2D eigenvalue weighted by Crippen LogP contribution is -2.47. The van der Waals surface area contributed by atoms with E-state index in [1.165, 1.54) is 12.1 Å². The average Bonchev–Trinajstić information content (AvgIpc) is 3.76. The summed E-state index contributed by atoms with van der Waals surface area (Å²) in [6, 6.07) is 7.36. The van der Waals surface area contributed by atoms with Gasteiger partial charge in [0.2, 0.25) is 5.43 Å². The summed E-state index contributed by atoms with van der Waals surface area (Å²) in [5, 5.41) is 12.2. The molecule has 1 aromatic heterocycles. The van der Waals surface area contributed by atoms with Crippen LogP contribution in [-0.4, -0.2) is 46.4 Å². The first kappa shape index (κ1) is 27.6. The van der Waals surface area contributed by atoms with Crippen LogP contribution in [0.25, 0.3) is 10.9 Å². The minimum atomic E-state index is -0.691. The minimum absolute atomic E-state index is 0.0187. The number of aryl methyl sites for hydroxylation is 1. The first-order valence-corrected chi connectivity index (χ1v) is 13.7. The summed E-state index contributed by atoms with van der Waals surface area (Å²) in [5.74, 6) is -0.765. The maximum atomic E-state index is 14.2. The van der Waals surface area contributed by atoms with E-state index in [0.29, 0.717) is 42.3 Å². The van der Waals surface area contributed by atoms with E-state index < -0.39 is 23.3 Å². The zero-order valence-corrected chi connectivity index (χ0v) is 22.5. The molecule has 2 aliphatic rings. The normalized spacial score (nSPS) is 17.4. The molecule has 0 bridgehead atoms. The molecule has 10 heteroatoms. The number of hydrazine groups is 1. The van der Waals surface area contributed by atoms with Crippen LogP contribution < -0.4 is 15.6 Å². The molecular formula is C29H32ClF2N3O4. The van der Waals surface area contributed by atoms with Gasteiger partial charge in [-0.2, -0.15) is 0 Å². The van der Waals surface area contributed by atoms with E-state index in [1.807, 2.05) is 4.57 Å². The Morgan fingerprint density at radius 1 is 1.15 bits per heavy atom. The van der Waals surface area contributed by atoms with Gasteiger partial charge in [-0.15, -0.1) is 0 Å². The highest BCUT2D eigenvalue weighted by atomic mass is 35.5. The molecule has 0 radical (unpaired) electrons. The molecule has 0 spiro atoms. The SMILES string of the molecule is Cc1ccc(OC[C@H](O)CCC2CCN(NC(=O)c3cn(C4CC4)c4cc(Cl)c(F)cc4c3=O)CC2)cc1F. The standard InChI is InChI=1S/C29H32ClF2N3O4/c1-17-2-7-21(12-25(17)31)39-16-20(36)6-3-18-8-10-34(11-9-18)33-29(38)23-15-35(19-4-5-19)27-14-24(30)26(32)13-22(27)28(23)37/h2,7,12-15,18-20,36H,3-6,8-11,16H2,1H3,(H,33,38)/t20-/m1/s1. The van der Waals surface area contributed by atoms with Gasteiger partial charge in [0, 0.05) is 36.8 Å². The zero-order chi connectivity index (χ0) is 27.7. The number of pyridine rings is 1. The van der Waals surface area contributed by atoms with E-state index in [4.69, 9.17) is 16.3 Å². The fourth-order valence-electron chi connectivity index (χ4n) is 5.07. The van der Waals surface area contributed by atoms with Crippen molar-refractivity contribution in [2.45, 2.75) is 57.6 Å². The molecule has 0 unspecified atom stereocenters. The molecule has 1 saturated heterocycles. The fraction of sp³-hybridized carbons (Fsp3) is 0.448. The molecule has 2 aromatic carbocycles. The Morgan fingerprint density at radius 3 is 2.59 bits per heavy atom. The highest BCUT2D eigenvalue weighted by Gasteiger charge is 2.28. The van der Waals surface area contributed by atoms with Crippen molar-refractivity contribution in [1.29, 1.82) is 0 Å². The smallest absolute Gasteiger partial charge is 0.271 e. The molecule has 1 amide bonds. The molecule has 1 saturated carbocycles. The number of piperidine rings is 1. The summed E-state index contributed by atoms with van der Waals surface area (Å²) < 4.78 is 35.2. The zero-order valence-electron chi connectivity index (χ0n) is 21.8. The molecule has 2 fully saturated rings. The predicted octanol–water partition coefficient (Wildman–Crippen LogP) is 5.15. The number of nitrogens with one attached hydrogen (secondary N) is 1. The third-order valence-corrected chi connectivity index (χ3v) is 7.92. The number of ether oxygens (including phenoxy) is 1. The minimum Gasteiger partial charge on any atom is -0.491 e. The maximum Gasteiger partial charge on any atom is 0.271 e. The first-order chi connectivity index (χ1) is 18.7. The topological polar surface area (TPSA) is 83.8 Å². The fourth-order valence-corrected chi connectivity index (χ4v) is 5.22. The highest BCUT2D eigenvalue weighted by molar-refractivity contribution is 6.31. The van der Waals surface area contributed by atoms with Crippen LogP contribution in [0.3, 0.4) is 0 Å². The van der Waals surface area contributed by atoms with Crippen LogP contribution in [0.15, 0.2) is 41.3 Å².